The third-order valence-electron chi connectivity index (χ3n) is 3.85. The van der Waals surface area contributed by atoms with Crippen LogP contribution in [0.5, 0.6) is 0 Å². The van der Waals surface area contributed by atoms with Gasteiger partial charge in [0.15, 0.2) is 5.03 Å². The predicted molar refractivity (Wildman–Crippen MR) is 106 cm³/mol. The van der Waals surface area contributed by atoms with Gasteiger partial charge in [-0.15, -0.1) is 0 Å². The van der Waals surface area contributed by atoms with Gasteiger partial charge in [-0.2, -0.15) is 0 Å². The van der Waals surface area contributed by atoms with Crippen molar-refractivity contribution >= 4 is 21.8 Å². The summed E-state index contributed by atoms with van der Waals surface area (Å²) in [4.78, 5) is 18.9. The maximum atomic E-state index is 12.2. The smallest absolute Gasteiger partial charge is 0.302 e. The van der Waals surface area contributed by atoms with E-state index in [1.165, 1.54) is 19.2 Å². The quantitative estimate of drug-likeness (QED) is 0.411. The minimum atomic E-state index is -3.66. The molecule has 0 aliphatic carbocycles. The number of carbonyl (C=O) groups is 1. The van der Waals surface area contributed by atoms with Crippen LogP contribution in [0.1, 0.15) is 38.3 Å². The van der Waals surface area contributed by atoms with Crippen molar-refractivity contribution in [3.63, 3.8) is 0 Å². The number of sulfonamides is 1. The molecular weight excluding hydrogens is 380 g/mol. The van der Waals surface area contributed by atoms with Crippen LogP contribution in [0.2, 0.25) is 0 Å². The molecule has 2 aromatic rings. The molecule has 28 heavy (non-hydrogen) atoms. The molecule has 0 aromatic carbocycles. The number of anilines is 1. The molecule has 2 aromatic heterocycles. The summed E-state index contributed by atoms with van der Waals surface area (Å²) in [5.41, 5.74) is 0.617. The van der Waals surface area contributed by atoms with Gasteiger partial charge in [-0.25, -0.2) is 23.1 Å². The molecule has 0 aliphatic heterocycles. The second-order valence-electron chi connectivity index (χ2n) is 6.19. The van der Waals surface area contributed by atoms with Crippen molar-refractivity contribution < 1.29 is 17.9 Å². The van der Waals surface area contributed by atoms with Gasteiger partial charge in [-0.1, -0.05) is 18.6 Å². The van der Waals surface area contributed by atoms with Gasteiger partial charge in [0, 0.05) is 19.7 Å². The molecule has 0 atom stereocenters. The van der Waals surface area contributed by atoms with E-state index in [1.807, 2.05) is 12.1 Å². The number of aromatic nitrogens is 2. The predicted octanol–water partition coefficient (Wildman–Crippen LogP) is 2.49. The minimum Gasteiger partial charge on any atom is -0.466 e. The van der Waals surface area contributed by atoms with Crippen LogP contribution in [0, 0.1) is 0 Å². The summed E-state index contributed by atoms with van der Waals surface area (Å²) < 4.78 is 31.8. The largest absolute Gasteiger partial charge is 0.466 e. The molecule has 0 fully saturated rings. The van der Waals surface area contributed by atoms with Gasteiger partial charge in [0.2, 0.25) is 0 Å². The highest BCUT2D eigenvalue weighted by Crippen LogP contribution is 2.08. The second kappa shape index (κ2) is 11.4. The SMILES string of the molecule is CC(=O)OCCCCCCNc1cccc(CNS(=O)(=O)c2ccccn2)n1. The third kappa shape index (κ3) is 8.01. The van der Waals surface area contributed by atoms with Crippen molar-refractivity contribution in [1.29, 1.82) is 0 Å². The fourth-order valence-corrected chi connectivity index (χ4v) is 3.38. The molecule has 0 saturated heterocycles. The fraction of sp³-hybridized carbons (Fsp3) is 0.421. The number of ether oxygens (including phenoxy) is 1. The van der Waals surface area contributed by atoms with E-state index in [0.717, 1.165) is 32.2 Å². The Morgan fingerprint density at radius 2 is 1.89 bits per heavy atom. The average molecular weight is 407 g/mol. The molecular formula is C19H26N4O4S. The molecule has 0 radical (unpaired) electrons. The third-order valence-corrected chi connectivity index (χ3v) is 5.16. The van der Waals surface area contributed by atoms with Gasteiger partial charge < -0.3 is 10.1 Å². The number of carbonyl (C=O) groups excluding carboxylic acids is 1. The molecule has 2 rings (SSSR count). The van der Waals surface area contributed by atoms with Gasteiger partial charge in [-0.05, 0) is 43.5 Å². The number of unbranched alkanes of at least 4 members (excludes halogenated alkanes) is 3. The summed E-state index contributed by atoms with van der Waals surface area (Å²) in [6, 6.07) is 10.2. The van der Waals surface area contributed by atoms with E-state index < -0.39 is 10.0 Å². The first-order valence-electron chi connectivity index (χ1n) is 9.21. The van der Waals surface area contributed by atoms with Gasteiger partial charge in [0.05, 0.1) is 18.8 Å². The van der Waals surface area contributed by atoms with Crippen LogP contribution >= 0.6 is 0 Å². The van der Waals surface area contributed by atoms with E-state index >= 15 is 0 Å². The average Bonchev–Trinajstić information content (AvgIpc) is 2.69. The van der Waals surface area contributed by atoms with Crippen LogP contribution < -0.4 is 10.0 Å². The van der Waals surface area contributed by atoms with Gasteiger partial charge >= 0.3 is 5.97 Å². The van der Waals surface area contributed by atoms with E-state index in [2.05, 4.69) is 20.0 Å². The fourth-order valence-electron chi connectivity index (χ4n) is 2.44. The van der Waals surface area contributed by atoms with Crippen molar-refractivity contribution in [3.05, 3.63) is 48.3 Å². The lowest BCUT2D eigenvalue weighted by Crippen LogP contribution is -2.24. The van der Waals surface area contributed by atoms with Crippen molar-refractivity contribution in [2.24, 2.45) is 0 Å². The highest BCUT2D eigenvalue weighted by molar-refractivity contribution is 7.89. The molecule has 0 amide bonds. The molecule has 0 bridgehead atoms. The van der Waals surface area contributed by atoms with E-state index in [-0.39, 0.29) is 17.5 Å². The Hall–Kier alpha value is -2.52. The van der Waals surface area contributed by atoms with Crippen molar-refractivity contribution in [3.8, 4) is 0 Å². The number of nitrogens with zero attached hydrogens (tertiary/aromatic N) is 2. The molecule has 152 valence electrons. The van der Waals surface area contributed by atoms with Crippen molar-refractivity contribution in [2.75, 3.05) is 18.5 Å². The van der Waals surface area contributed by atoms with Crippen molar-refractivity contribution in [1.82, 2.24) is 14.7 Å². The molecule has 0 spiro atoms. The Bertz CT molecular complexity index is 844. The van der Waals surface area contributed by atoms with Gasteiger partial charge in [-0.3, -0.25) is 4.79 Å². The Labute approximate surface area is 165 Å². The zero-order valence-corrected chi connectivity index (χ0v) is 16.7. The summed E-state index contributed by atoms with van der Waals surface area (Å²) in [7, 11) is -3.66. The maximum Gasteiger partial charge on any atom is 0.302 e. The highest BCUT2D eigenvalue weighted by atomic mass is 32.2. The summed E-state index contributed by atoms with van der Waals surface area (Å²) in [5, 5.41) is 3.22. The first-order valence-corrected chi connectivity index (χ1v) is 10.7. The lowest BCUT2D eigenvalue weighted by Gasteiger charge is -2.09. The molecule has 2 heterocycles. The zero-order valence-electron chi connectivity index (χ0n) is 15.9. The first kappa shape index (κ1) is 21.8. The summed E-state index contributed by atoms with van der Waals surface area (Å²) >= 11 is 0. The van der Waals surface area contributed by atoms with Crippen LogP contribution in [0.4, 0.5) is 5.82 Å². The summed E-state index contributed by atoms with van der Waals surface area (Å²) in [6.45, 7) is 2.74. The molecule has 8 nitrogen and oxygen atoms in total. The Kier molecular flexibility index (Phi) is 8.83. The number of rotatable bonds is 12. The highest BCUT2D eigenvalue weighted by Gasteiger charge is 2.14. The summed E-state index contributed by atoms with van der Waals surface area (Å²) in [5.74, 6) is 0.462. The summed E-state index contributed by atoms with van der Waals surface area (Å²) in [6.07, 6.45) is 5.30. The van der Waals surface area contributed by atoms with Crippen LogP contribution in [-0.2, 0) is 26.1 Å². The van der Waals surface area contributed by atoms with E-state index in [9.17, 15) is 13.2 Å². The lowest BCUT2D eigenvalue weighted by atomic mass is 10.2. The van der Waals surface area contributed by atoms with Crippen LogP contribution in [-0.4, -0.2) is 37.5 Å². The lowest BCUT2D eigenvalue weighted by molar-refractivity contribution is -0.141. The van der Waals surface area contributed by atoms with E-state index in [0.29, 0.717) is 18.1 Å². The number of hydrogen-bond donors (Lipinski definition) is 2. The topological polar surface area (TPSA) is 110 Å². The van der Waals surface area contributed by atoms with Crippen LogP contribution in [0.25, 0.3) is 0 Å². The number of pyridine rings is 2. The first-order chi connectivity index (χ1) is 13.5. The monoisotopic (exact) mass is 406 g/mol. The number of esters is 1. The maximum absolute atomic E-state index is 12.2. The number of nitrogens with one attached hydrogen (secondary N) is 2. The Morgan fingerprint density at radius 1 is 1.07 bits per heavy atom. The van der Waals surface area contributed by atoms with Gasteiger partial charge in [0.1, 0.15) is 5.82 Å². The zero-order chi connectivity index (χ0) is 20.2. The second-order valence-corrected chi connectivity index (χ2v) is 7.90. The van der Waals surface area contributed by atoms with Crippen LogP contribution in [0.15, 0.2) is 47.6 Å². The van der Waals surface area contributed by atoms with E-state index in [4.69, 9.17) is 4.74 Å². The molecule has 0 aliphatic rings. The Balaban J connectivity index is 1.71. The molecule has 9 heteroatoms. The van der Waals surface area contributed by atoms with E-state index in [1.54, 1.807) is 18.2 Å². The van der Waals surface area contributed by atoms with Crippen molar-refractivity contribution in [2.45, 2.75) is 44.2 Å². The normalized spacial score (nSPS) is 11.2. The Morgan fingerprint density at radius 3 is 2.64 bits per heavy atom. The van der Waals surface area contributed by atoms with Gasteiger partial charge in [0.25, 0.3) is 10.0 Å². The standard InChI is InChI=1S/C19H26N4O4S/c1-16(24)27-14-7-3-2-5-12-20-18-10-8-9-17(23-18)15-22-28(25,26)19-11-4-6-13-21-19/h4,6,8-11,13,22H,2-3,5,7,12,14-15H2,1H3,(H,20,23). The molecule has 2 N–H and O–H groups in total. The number of hydrogen-bond acceptors (Lipinski definition) is 7. The van der Waals surface area contributed by atoms with Crippen LogP contribution in [0.3, 0.4) is 0 Å². The molecule has 0 saturated carbocycles. The molecule has 0 unspecified atom stereocenters. The minimum absolute atomic E-state index is 0.0158.